The molecule has 1 N–H and O–H groups in total. The van der Waals surface area contributed by atoms with Crippen molar-refractivity contribution < 1.29 is 23.1 Å². The molecule has 15 heavy (non-hydrogen) atoms. The first kappa shape index (κ1) is 10.6. The lowest BCUT2D eigenvalue weighted by Crippen LogP contribution is -2.47. The Kier molecular flexibility index (Phi) is 2.33. The average Bonchev–Trinajstić information content (AvgIpc) is 2.07. The highest BCUT2D eigenvalue weighted by Crippen LogP contribution is 2.36. The van der Waals surface area contributed by atoms with E-state index in [1.54, 1.807) is 0 Å². The molecular weight excluding hydrogens is 220 g/mol. The van der Waals surface area contributed by atoms with Crippen molar-refractivity contribution in [2.75, 3.05) is 11.5 Å². The highest BCUT2D eigenvalue weighted by Gasteiger charge is 2.46. The number of carbonyl (C=O) groups is 2. The van der Waals surface area contributed by atoms with E-state index in [0.717, 1.165) is 0 Å². The molecule has 1 heterocycles. The van der Waals surface area contributed by atoms with Crippen LogP contribution in [-0.2, 0) is 19.4 Å². The summed E-state index contributed by atoms with van der Waals surface area (Å²) in [6.07, 6.45) is 0.369. The number of carboxylic acids is 1. The highest BCUT2D eigenvalue weighted by atomic mass is 32.2. The normalized spacial score (nSPS) is 38.7. The van der Waals surface area contributed by atoms with Crippen molar-refractivity contribution >= 4 is 21.6 Å². The number of rotatable bonds is 1. The Bertz CT molecular complexity index is 386. The van der Waals surface area contributed by atoms with Crippen LogP contribution in [-0.4, -0.2) is 36.8 Å². The fourth-order valence-electron chi connectivity index (χ4n) is 2.53. The van der Waals surface area contributed by atoms with E-state index in [0.29, 0.717) is 0 Å². The lowest BCUT2D eigenvalue weighted by molar-refractivity contribution is -0.146. The van der Waals surface area contributed by atoms with Crippen molar-refractivity contribution in [1.82, 2.24) is 0 Å². The molecule has 0 spiro atoms. The number of carbonyl (C=O) groups excluding carboxylic acids is 1. The van der Waals surface area contributed by atoms with Gasteiger partial charge < -0.3 is 5.11 Å². The summed E-state index contributed by atoms with van der Waals surface area (Å²) in [5, 5.41) is 8.85. The zero-order chi connectivity index (χ0) is 11.2. The van der Waals surface area contributed by atoms with Crippen LogP contribution in [0.4, 0.5) is 0 Å². The molecular formula is C9H12O5S. The maximum absolute atomic E-state index is 11.6. The van der Waals surface area contributed by atoms with E-state index in [9.17, 15) is 18.0 Å². The number of ketones is 1. The summed E-state index contributed by atoms with van der Waals surface area (Å²) in [4.78, 5) is 22.4. The molecule has 5 nitrogen and oxygen atoms in total. The summed E-state index contributed by atoms with van der Waals surface area (Å²) in [7, 11) is -3.14. The minimum Gasteiger partial charge on any atom is -0.481 e. The number of hydrogen-bond donors (Lipinski definition) is 1. The Morgan fingerprint density at radius 3 is 2.07 bits per heavy atom. The topological polar surface area (TPSA) is 88.5 Å². The summed E-state index contributed by atoms with van der Waals surface area (Å²) < 4.78 is 22.8. The molecule has 1 aliphatic carbocycles. The summed E-state index contributed by atoms with van der Waals surface area (Å²) in [5.74, 6) is -3.00. The zero-order valence-corrected chi connectivity index (χ0v) is 8.87. The van der Waals surface area contributed by atoms with Crippen LogP contribution < -0.4 is 0 Å². The maximum atomic E-state index is 11.6. The van der Waals surface area contributed by atoms with E-state index in [-0.39, 0.29) is 30.1 Å². The first-order valence-electron chi connectivity index (χ1n) is 4.86. The molecule has 1 saturated carbocycles. The number of carboxylic acid groups (broad SMARTS) is 1. The second kappa shape index (κ2) is 3.30. The fraction of sp³-hybridized carbons (Fsp3) is 0.778. The van der Waals surface area contributed by atoms with Crippen LogP contribution in [0.25, 0.3) is 0 Å². The molecule has 1 aliphatic heterocycles. The molecule has 6 heteroatoms. The molecule has 0 aromatic rings. The molecule has 0 amide bonds. The second-order valence-electron chi connectivity index (χ2n) is 4.38. The number of aliphatic carboxylic acids is 1. The van der Waals surface area contributed by atoms with Crippen molar-refractivity contribution in [3.05, 3.63) is 0 Å². The van der Waals surface area contributed by atoms with Gasteiger partial charge in [0.1, 0.15) is 5.78 Å². The standard InChI is InChI=1S/C9H12O5S/c10-8-6-1-5(9(11)12)2-7(8)4-15(13,14)3-6/h5-7H,1-4H2,(H,11,12)/t5?,6-,7+. The van der Waals surface area contributed by atoms with Gasteiger partial charge in [0, 0.05) is 11.8 Å². The molecule has 84 valence electrons. The summed E-state index contributed by atoms with van der Waals surface area (Å²) >= 11 is 0. The van der Waals surface area contributed by atoms with Crippen LogP contribution in [0.5, 0.6) is 0 Å². The third-order valence-electron chi connectivity index (χ3n) is 3.20. The Morgan fingerprint density at radius 2 is 1.67 bits per heavy atom. The van der Waals surface area contributed by atoms with Gasteiger partial charge in [-0.1, -0.05) is 0 Å². The number of fused-ring (bicyclic) bond motifs is 2. The largest absolute Gasteiger partial charge is 0.481 e. The van der Waals surface area contributed by atoms with Gasteiger partial charge in [-0.2, -0.15) is 0 Å². The molecule has 1 saturated heterocycles. The van der Waals surface area contributed by atoms with E-state index >= 15 is 0 Å². The quantitative estimate of drug-likeness (QED) is 0.671. The minimum absolute atomic E-state index is 0.0534. The second-order valence-corrected chi connectivity index (χ2v) is 6.53. The summed E-state index contributed by atoms with van der Waals surface area (Å²) in [6.45, 7) is 0. The van der Waals surface area contributed by atoms with Gasteiger partial charge in [0.15, 0.2) is 9.84 Å². The van der Waals surface area contributed by atoms with E-state index in [2.05, 4.69) is 0 Å². The Hall–Kier alpha value is -0.910. The van der Waals surface area contributed by atoms with Crippen LogP contribution in [0.3, 0.4) is 0 Å². The predicted molar refractivity (Wildman–Crippen MR) is 51.0 cm³/mol. The predicted octanol–water partition coefficient (Wildman–Crippen LogP) is -0.289. The van der Waals surface area contributed by atoms with Crippen molar-refractivity contribution in [3.8, 4) is 0 Å². The maximum Gasteiger partial charge on any atom is 0.306 e. The monoisotopic (exact) mass is 232 g/mol. The van der Waals surface area contributed by atoms with Crippen molar-refractivity contribution in [3.63, 3.8) is 0 Å². The average molecular weight is 232 g/mol. The molecule has 3 atom stereocenters. The van der Waals surface area contributed by atoms with E-state index < -0.39 is 33.6 Å². The fourth-order valence-corrected chi connectivity index (χ4v) is 4.49. The molecule has 2 aliphatic rings. The molecule has 2 rings (SSSR count). The van der Waals surface area contributed by atoms with Gasteiger partial charge in [0.25, 0.3) is 0 Å². The summed E-state index contributed by atoms with van der Waals surface area (Å²) in [6, 6.07) is 0. The third-order valence-corrected chi connectivity index (χ3v) is 5.02. The molecule has 2 bridgehead atoms. The van der Waals surface area contributed by atoms with Gasteiger partial charge in [-0.15, -0.1) is 0 Å². The molecule has 0 aromatic heterocycles. The van der Waals surface area contributed by atoms with Crippen molar-refractivity contribution in [2.24, 2.45) is 17.8 Å². The molecule has 1 unspecified atom stereocenters. The molecule has 2 fully saturated rings. The van der Waals surface area contributed by atoms with E-state index in [1.165, 1.54) is 0 Å². The highest BCUT2D eigenvalue weighted by molar-refractivity contribution is 7.91. The van der Waals surface area contributed by atoms with Gasteiger partial charge >= 0.3 is 5.97 Å². The Balaban J connectivity index is 2.24. The van der Waals surface area contributed by atoms with Crippen molar-refractivity contribution in [1.29, 1.82) is 0 Å². The van der Waals surface area contributed by atoms with Gasteiger partial charge in [0.05, 0.1) is 17.4 Å². The molecule has 0 aromatic carbocycles. The SMILES string of the molecule is O=C(O)C1C[C@@H]2CS(=O)(=O)C[C@H](C1)C2=O. The minimum atomic E-state index is -3.14. The van der Waals surface area contributed by atoms with Crippen molar-refractivity contribution in [2.45, 2.75) is 12.8 Å². The van der Waals surface area contributed by atoms with Crippen LogP contribution in [0.15, 0.2) is 0 Å². The Morgan fingerprint density at radius 1 is 1.20 bits per heavy atom. The van der Waals surface area contributed by atoms with E-state index in [4.69, 9.17) is 5.11 Å². The smallest absolute Gasteiger partial charge is 0.306 e. The number of sulfone groups is 1. The molecule has 0 radical (unpaired) electrons. The van der Waals surface area contributed by atoms with Gasteiger partial charge in [-0.25, -0.2) is 8.42 Å². The first-order valence-corrected chi connectivity index (χ1v) is 6.68. The lowest BCUT2D eigenvalue weighted by Gasteiger charge is -2.35. The van der Waals surface area contributed by atoms with Crippen LogP contribution >= 0.6 is 0 Å². The Labute approximate surface area is 87.4 Å². The van der Waals surface area contributed by atoms with Crippen LogP contribution in [0, 0.1) is 17.8 Å². The van der Waals surface area contributed by atoms with Gasteiger partial charge in [0.2, 0.25) is 0 Å². The van der Waals surface area contributed by atoms with Gasteiger partial charge in [-0.05, 0) is 12.8 Å². The van der Waals surface area contributed by atoms with Crippen LogP contribution in [0.2, 0.25) is 0 Å². The van der Waals surface area contributed by atoms with Gasteiger partial charge in [-0.3, -0.25) is 9.59 Å². The lowest BCUT2D eigenvalue weighted by atomic mass is 9.75. The third kappa shape index (κ3) is 1.90. The van der Waals surface area contributed by atoms with Crippen LogP contribution in [0.1, 0.15) is 12.8 Å². The number of hydrogen-bond acceptors (Lipinski definition) is 4. The van der Waals surface area contributed by atoms with E-state index in [1.807, 2.05) is 0 Å². The summed E-state index contributed by atoms with van der Waals surface area (Å²) in [5.41, 5.74) is 0. The zero-order valence-electron chi connectivity index (χ0n) is 8.05. The first-order chi connectivity index (χ1) is 6.89. The number of Topliss-reactive ketones (excluding diaryl/α,β-unsaturated/α-hetero) is 1.